The highest BCUT2D eigenvalue weighted by atomic mass is 35.5. The van der Waals surface area contributed by atoms with Crippen molar-refractivity contribution in [1.82, 2.24) is 9.97 Å². The third-order valence-corrected chi connectivity index (χ3v) is 3.78. The molecule has 112 valence electrons. The summed E-state index contributed by atoms with van der Waals surface area (Å²) in [7, 11) is 0. The molecule has 3 rings (SSSR count). The Kier molecular flexibility index (Phi) is 4.43. The number of aromatic nitrogens is 2. The number of nitrogens with zero attached hydrogens (tertiary/aromatic N) is 2. The number of hydrogen-bond acceptors (Lipinski definition) is 4. The molecule has 2 aromatic carbocycles. The van der Waals surface area contributed by atoms with Gasteiger partial charge in [0.15, 0.2) is 5.82 Å². The summed E-state index contributed by atoms with van der Waals surface area (Å²) in [6.07, 6.45) is 0. The molecule has 0 fully saturated rings. The summed E-state index contributed by atoms with van der Waals surface area (Å²) in [5, 5.41) is 5.35. The highest BCUT2D eigenvalue weighted by Crippen LogP contribution is 2.30. The van der Waals surface area contributed by atoms with Crippen molar-refractivity contribution in [2.75, 3.05) is 18.4 Å². The van der Waals surface area contributed by atoms with Gasteiger partial charge in [0.05, 0.1) is 10.5 Å². The van der Waals surface area contributed by atoms with Crippen molar-refractivity contribution in [1.29, 1.82) is 0 Å². The zero-order chi connectivity index (χ0) is 15.5. The van der Waals surface area contributed by atoms with E-state index in [0.29, 0.717) is 29.0 Å². The van der Waals surface area contributed by atoms with Crippen LogP contribution in [0, 0.1) is 0 Å². The minimum absolute atomic E-state index is 0.514. The molecule has 0 radical (unpaired) electrons. The van der Waals surface area contributed by atoms with Gasteiger partial charge in [-0.15, -0.1) is 0 Å². The Bertz CT molecular complexity index is 820. The van der Waals surface area contributed by atoms with Gasteiger partial charge in [-0.3, -0.25) is 0 Å². The maximum atomic E-state index is 6.25. The molecule has 1 heterocycles. The predicted molar refractivity (Wildman–Crippen MR) is 92.5 cm³/mol. The lowest BCUT2D eigenvalue weighted by molar-refractivity contribution is 1.01. The first kappa shape index (κ1) is 15.0. The monoisotopic (exact) mass is 332 g/mol. The van der Waals surface area contributed by atoms with Crippen LogP contribution < -0.4 is 11.1 Å². The fourth-order valence-electron chi connectivity index (χ4n) is 2.19. The fourth-order valence-corrected chi connectivity index (χ4v) is 2.58. The van der Waals surface area contributed by atoms with Crippen molar-refractivity contribution in [2.45, 2.75) is 0 Å². The van der Waals surface area contributed by atoms with E-state index < -0.39 is 0 Å². The number of nitrogens with two attached hydrogens (primary N) is 1. The average Bonchev–Trinajstić information content (AvgIpc) is 2.52. The standard InChI is InChI=1S/C16H14Cl2N4/c17-10-5-6-12-14(9-10)21-16(22-15(12)20-8-7-19)11-3-1-2-4-13(11)18/h1-6,9H,7-8,19H2,(H,20,21,22). The number of rotatable bonds is 4. The predicted octanol–water partition coefficient (Wildman–Crippen LogP) is 3.97. The van der Waals surface area contributed by atoms with Crippen molar-refractivity contribution in [3.05, 3.63) is 52.5 Å². The molecule has 1 aromatic heterocycles. The quantitative estimate of drug-likeness (QED) is 0.758. The Morgan fingerprint density at radius 1 is 1.05 bits per heavy atom. The van der Waals surface area contributed by atoms with Crippen molar-refractivity contribution >= 4 is 39.9 Å². The van der Waals surface area contributed by atoms with Crippen LogP contribution in [0.2, 0.25) is 10.0 Å². The number of nitrogens with one attached hydrogen (secondary N) is 1. The second-order valence-corrected chi connectivity index (χ2v) is 5.60. The maximum absolute atomic E-state index is 6.25. The van der Waals surface area contributed by atoms with Gasteiger partial charge in [0, 0.05) is 29.1 Å². The van der Waals surface area contributed by atoms with Crippen LogP contribution in [0.15, 0.2) is 42.5 Å². The molecule has 0 saturated heterocycles. The third-order valence-electron chi connectivity index (χ3n) is 3.21. The summed E-state index contributed by atoms with van der Waals surface area (Å²) in [5.41, 5.74) is 7.11. The average molecular weight is 333 g/mol. The number of hydrogen-bond donors (Lipinski definition) is 2. The van der Waals surface area contributed by atoms with Gasteiger partial charge in [0.1, 0.15) is 5.82 Å². The topological polar surface area (TPSA) is 63.8 Å². The van der Waals surface area contributed by atoms with E-state index in [9.17, 15) is 0 Å². The first-order chi connectivity index (χ1) is 10.7. The molecule has 0 aliphatic heterocycles. The normalized spacial score (nSPS) is 10.9. The van der Waals surface area contributed by atoms with Crippen LogP contribution in [0.5, 0.6) is 0 Å². The molecule has 0 amide bonds. The van der Waals surface area contributed by atoms with Gasteiger partial charge < -0.3 is 11.1 Å². The van der Waals surface area contributed by atoms with E-state index in [-0.39, 0.29) is 0 Å². The second kappa shape index (κ2) is 6.48. The number of fused-ring (bicyclic) bond motifs is 1. The van der Waals surface area contributed by atoms with Crippen molar-refractivity contribution < 1.29 is 0 Å². The molecule has 3 N–H and O–H groups in total. The van der Waals surface area contributed by atoms with Crippen molar-refractivity contribution in [3.8, 4) is 11.4 Å². The van der Waals surface area contributed by atoms with Gasteiger partial charge in [-0.2, -0.15) is 0 Å². The van der Waals surface area contributed by atoms with E-state index in [1.165, 1.54) is 0 Å². The van der Waals surface area contributed by atoms with Crippen LogP contribution in [0.3, 0.4) is 0 Å². The number of benzene rings is 2. The lowest BCUT2D eigenvalue weighted by atomic mass is 10.2. The lowest BCUT2D eigenvalue weighted by Crippen LogP contribution is -2.14. The van der Waals surface area contributed by atoms with Gasteiger partial charge in [-0.1, -0.05) is 35.3 Å². The molecule has 0 spiro atoms. The lowest BCUT2D eigenvalue weighted by Gasteiger charge is -2.11. The van der Waals surface area contributed by atoms with E-state index in [1.807, 2.05) is 42.5 Å². The first-order valence-corrected chi connectivity index (χ1v) is 7.61. The first-order valence-electron chi connectivity index (χ1n) is 6.85. The molecular formula is C16H14Cl2N4. The molecule has 6 heteroatoms. The molecule has 22 heavy (non-hydrogen) atoms. The van der Waals surface area contributed by atoms with Gasteiger partial charge >= 0.3 is 0 Å². The Labute approximate surface area is 138 Å². The van der Waals surface area contributed by atoms with Crippen LogP contribution in [0.1, 0.15) is 0 Å². The summed E-state index contributed by atoms with van der Waals surface area (Å²) >= 11 is 12.3. The minimum atomic E-state index is 0.514. The van der Waals surface area contributed by atoms with E-state index >= 15 is 0 Å². The maximum Gasteiger partial charge on any atom is 0.163 e. The van der Waals surface area contributed by atoms with Gasteiger partial charge in [-0.25, -0.2) is 9.97 Å². The molecule has 0 atom stereocenters. The number of halogens is 2. The Hall–Kier alpha value is -1.88. The number of anilines is 1. The van der Waals surface area contributed by atoms with Crippen LogP contribution in [0.4, 0.5) is 5.82 Å². The molecular weight excluding hydrogens is 319 g/mol. The molecule has 4 nitrogen and oxygen atoms in total. The largest absolute Gasteiger partial charge is 0.368 e. The molecule has 0 bridgehead atoms. The van der Waals surface area contributed by atoms with Crippen LogP contribution in [-0.2, 0) is 0 Å². The molecule has 0 aliphatic carbocycles. The van der Waals surface area contributed by atoms with Gasteiger partial charge in [0.2, 0.25) is 0 Å². The second-order valence-electron chi connectivity index (χ2n) is 4.75. The van der Waals surface area contributed by atoms with Crippen LogP contribution in [0.25, 0.3) is 22.3 Å². The molecule has 0 saturated carbocycles. The molecule has 0 unspecified atom stereocenters. The minimum Gasteiger partial charge on any atom is -0.368 e. The zero-order valence-electron chi connectivity index (χ0n) is 11.7. The van der Waals surface area contributed by atoms with E-state index in [4.69, 9.17) is 28.9 Å². The molecule has 3 aromatic rings. The van der Waals surface area contributed by atoms with E-state index in [0.717, 1.165) is 22.3 Å². The summed E-state index contributed by atoms with van der Waals surface area (Å²) in [5.74, 6) is 1.28. The SMILES string of the molecule is NCCNc1nc(-c2ccccc2Cl)nc2cc(Cl)ccc12. The van der Waals surface area contributed by atoms with Crippen molar-refractivity contribution in [3.63, 3.8) is 0 Å². The van der Waals surface area contributed by atoms with Gasteiger partial charge in [-0.05, 0) is 30.3 Å². The van der Waals surface area contributed by atoms with Gasteiger partial charge in [0.25, 0.3) is 0 Å². The Morgan fingerprint density at radius 3 is 2.64 bits per heavy atom. The summed E-state index contributed by atoms with van der Waals surface area (Å²) in [4.78, 5) is 9.18. The van der Waals surface area contributed by atoms with Crippen LogP contribution >= 0.6 is 23.2 Å². The Balaban J connectivity index is 2.21. The summed E-state index contributed by atoms with van der Waals surface area (Å²) in [6, 6.07) is 13.0. The van der Waals surface area contributed by atoms with Crippen molar-refractivity contribution in [2.24, 2.45) is 5.73 Å². The Morgan fingerprint density at radius 2 is 1.86 bits per heavy atom. The van der Waals surface area contributed by atoms with E-state index in [1.54, 1.807) is 0 Å². The zero-order valence-corrected chi connectivity index (χ0v) is 13.2. The summed E-state index contributed by atoms with van der Waals surface area (Å²) < 4.78 is 0. The fraction of sp³-hybridized carbons (Fsp3) is 0.125. The smallest absolute Gasteiger partial charge is 0.163 e. The van der Waals surface area contributed by atoms with Crippen LogP contribution in [-0.4, -0.2) is 23.1 Å². The summed E-state index contributed by atoms with van der Waals surface area (Å²) in [6.45, 7) is 1.14. The third kappa shape index (κ3) is 2.99. The van der Waals surface area contributed by atoms with E-state index in [2.05, 4.69) is 15.3 Å². The highest BCUT2D eigenvalue weighted by Gasteiger charge is 2.11. The highest BCUT2D eigenvalue weighted by molar-refractivity contribution is 6.33. The molecule has 0 aliphatic rings.